The Morgan fingerprint density at radius 2 is 1.89 bits per heavy atom. The fourth-order valence-corrected chi connectivity index (χ4v) is 2.05. The van der Waals surface area contributed by atoms with Gasteiger partial charge in [0.25, 0.3) is 0 Å². The van der Waals surface area contributed by atoms with Crippen molar-refractivity contribution in [3.8, 4) is 11.1 Å². The minimum absolute atomic E-state index is 0.617. The van der Waals surface area contributed by atoms with E-state index in [-0.39, 0.29) is 0 Å². The van der Waals surface area contributed by atoms with E-state index in [2.05, 4.69) is 9.97 Å². The second-order valence-electron chi connectivity index (χ2n) is 4.15. The van der Waals surface area contributed by atoms with Crippen molar-refractivity contribution >= 4 is 11.0 Å². The second kappa shape index (κ2) is 3.91. The summed E-state index contributed by atoms with van der Waals surface area (Å²) < 4.78 is 26.2. The minimum Gasteiger partial charge on any atom is -0.342 e. The maximum atomic E-state index is 13.3. The van der Waals surface area contributed by atoms with Crippen LogP contribution in [0.4, 0.5) is 8.78 Å². The first-order valence-corrected chi connectivity index (χ1v) is 5.56. The standard InChI is InChI=1S/C14H10F2N2/c1-8-17-13-4-2-3-10(14(13)18-8)9-5-6-11(15)12(16)7-9/h2-7H,1H3,(H,17,18). The Hall–Kier alpha value is -2.23. The Morgan fingerprint density at radius 3 is 2.67 bits per heavy atom. The number of rotatable bonds is 1. The number of para-hydroxylation sites is 1. The number of halogens is 2. The largest absolute Gasteiger partial charge is 0.342 e. The van der Waals surface area contributed by atoms with Gasteiger partial charge in [-0.3, -0.25) is 0 Å². The van der Waals surface area contributed by atoms with Gasteiger partial charge in [-0.2, -0.15) is 0 Å². The lowest BCUT2D eigenvalue weighted by molar-refractivity contribution is 0.509. The highest BCUT2D eigenvalue weighted by molar-refractivity contribution is 5.91. The van der Waals surface area contributed by atoms with Crippen LogP contribution >= 0.6 is 0 Å². The number of hydrogen-bond donors (Lipinski definition) is 1. The van der Waals surface area contributed by atoms with Crippen LogP contribution in [-0.2, 0) is 0 Å². The molecular formula is C14H10F2N2. The summed E-state index contributed by atoms with van der Waals surface area (Å²) in [6.07, 6.45) is 0. The van der Waals surface area contributed by atoms with Gasteiger partial charge in [-0.05, 0) is 30.7 Å². The Kier molecular flexibility index (Phi) is 2.37. The van der Waals surface area contributed by atoms with E-state index in [1.807, 2.05) is 25.1 Å². The van der Waals surface area contributed by atoms with Gasteiger partial charge in [-0.25, -0.2) is 13.8 Å². The Bertz CT molecular complexity index is 732. The second-order valence-corrected chi connectivity index (χ2v) is 4.15. The molecule has 0 bridgehead atoms. The first-order valence-electron chi connectivity index (χ1n) is 5.56. The Morgan fingerprint density at radius 1 is 1.06 bits per heavy atom. The summed E-state index contributed by atoms with van der Waals surface area (Å²) >= 11 is 0. The van der Waals surface area contributed by atoms with Gasteiger partial charge in [0.2, 0.25) is 0 Å². The lowest BCUT2D eigenvalue weighted by Gasteiger charge is -2.03. The summed E-state index contributed by atoms with van der Waals surface area (Å²) in [6.45, 7) is 1.86. The molecule has 1 N–H and O–H groups in total. The molecule has 0 spiro atoms. The molecule has 0 amide bonds. The molecule has 0 saturated carbocycles. The third-order valence-corrected chi connectivity index (χ3v) is 2.86. The summed E-state index contributed by atoms with van der Waals surface area (Å²) in [4.78, 5) is 7.49. The molecule has 4 heteroatoms. The summed E-state index contributed by atoms with van der Waals surface area (Å²) in [7, 11) is 0. The molecule has 0 unspecified atom stereocenters. The molecular weight excluding hydrogens is 234 g/mol. The van der Waals surface area contributed by atoms with Crippen LogP contribution in [0.25, 0.3) is 22.2 Å². The molecule has 0 atom stereocenters. The fourth-order valence-electron chi connectivity index (χ4n) is 2.05. The molecule has 0 aliphatic rings. The van der Waals surface area contributed by atoms with E-state index in [0.29, 0.717) is 5.56 Å². The van der Waals surface area contributed by atoms with E-state index >= 15 is 0 Å². The third-order valence-electron chi connectivity index (χ3n) is 2.86. The zero-order valence-electron chi connectivity index (χ0n) is 9.67. The number of fused-ring (bicyclic) bond motifs is 1. The van der Waals surface area contributed by atoms with Gasteiger partial charge in [0.1, 0.15) is 5.82 Å². The molecule has 2 nitrogen and oxygen atoms in total. The average molecular weight is 244 g/mol. The van der Waals surface area contributed by atoms with Crippen molar-refractivity contribution in [1.82, 2.24) is 9.97 Å². The van der Waals surface area contributed by atoms with Crippen molar-refractivity contribution in [2.75, 3.05) is 0 Å². The predicted octanol–water partition coefficient (Wildman–Crippen LogP) is 3.82. The quantitative estimate of drug-likeness (QED) is 0.692. The molecule has 0 radical (unpaired) electrons. The number of aromatic nitrogens is 2. The number of imidazole rings is 1. The van der Waals surface area contributed by atoms with Gasteiger partial charge in [0.05, 0.1) is 11.0 Å². The van der Waals surface area contributed by atoms with Crippen LogP contribution in [0.3, 0.4) is 0 Å². The molecule has 0 aliphatic heterocycles. The molecule has 3 aromatic rings. The van der Waals surface area contributed by atoms with E-state index in [9.17, 15) is 8.78 Å². The van der Waals surface area contributed by atoms with Crippen molar-refractivity contribution in [2.45, 2.75) is 6.92 Å². The van der Waals surface area contributed by atoms with Crippen LogP contribution in [0, 0.1) is 18.6 Å². The van der Waals surface area contributed by atoms with Crippen LogP contribution < -0.4 is 0 Å². The van der Waals surface area contributed by atoms with Crippen molar-refractivity contribution in [2.24, 2.45) is 0 Å². The Balaban J connectivity index is 2.27. The minimum atomic E-state index is -0.850. The fraction of sp³-hybridized carbons (Fsp3) is 0.0714. The molecule has 3 rings (SSSR count). The van der Waals surface area contributed by atoms with Gasteiger partial charge in [0, 0.05) is 5.56 Å². The van der Waals surface area contributed by atoms with Crippen molar-refractivity contribution in [1.29, 1.82) is 0 Å². The summed E-state index contributed by atoms with van der Waals surface area (Å²) in [5.41, 5.74) is 3.05. The summed E-state index contributed by atoms with van der Waals surface area (Å²) in [5, 5.41) is 0. The van der Waals surface area contributed by atoms with E-state index in [0.717, 1.165) is 28.5 Å². The number of nitrogens with zero attached hydrogens (tertiary/aromatic N) is 1. The first kappa shape index (κ1) is 10.9. The number of nitrogens with one attached hydrogen (secondary N) is 1. The molecule has 90 valence electrons. The molecule has 2 aromatic carbocycles. The van der Waals surface area contributed by atoms with Crippen LogP contribution in [0.1, 0.15) is 5.82 Å². The normalized spacial score (nSPS) is 11.1. The van der Waals surface area contributed by atoms with Crippen molar-refractivity contribution < 1.29 is 8.78 Å². The number of H-pyrrole nitrogens is 1. The molecule has 1 heterocycles. The number of hydrogen-bond acceptors (Lipinski definition) is 1. The van der Waals surface area contributed by atoms with E-state index in [1.165, 1.54) is 6.07 Å². The molecule has 18 heavy (non-hydrogen) atoms. The summed E-state index contributed by atoms with van der Waals surface area (Å²) in [6, 6.07) is 9.47. The number of aryl methyl sites for hydroxylation is 1. The maximum absolute atomic E-state index is 13.3. The van der Waals surface area contributed by atoms with Gasteiger partial charge in [-0.15, -0.1) is 0 Å². The molecule has 1 aromatic heterocycles. The molecule has 0 saturated heterocycles. The van der Waals surface area contributed by atoms with Gasteiger partial charge in [-0.1, -0.05) is 18.2 Å². The highest BCUT2D eigenvalue weighted by Gasteiger charge is 2.09. The van der Waals surface area contributed by atoms with Crippen LogP contribution in [0.5, 0.6) is 0 Å². The lowest BCUT2D eigenvalue weighted by Crippen LogP contribution is -1.86. The maximum Gasteiger partial charge on any atom is 0.159 e. The molecule has 0 aliphatic carbocycles. The van der Waals surface area contributed by atoms with E-state index in [1.54, 1.807) is 6.07 Å². The van der Waals surface area contributed by atoms with Crippen molar-refractivity contribution in [3.63, 3.8) is 0 Å². The SMILES string of the molecule is Cc1nc2c(-c3ccc(F)c(F)c3)cccc2[nH]1. The number of benzene rings is 2. The first-order chi connectivity index (χ1) is 8.65. The van der Waals surface area contributed by atoms with Gasteiger partial charge in [0.15, 0.2) is 11.6 Å². The van der Waals surface area contributed by atoms with Gasteiger partial charge >= 0.3 is 0 Å². The smallest absolute Gasteiger partial charge is 0.159 e. The Labute approximate surface area is 102 Å². The lowest BCUT2D eigenvalue weighted by atomic mass is 10.0. The van der Waals surface area contributed by atoms with E-state index in [4.69, 9.17) is 0 Å². The highest BCUT2D eigenvalue weighted by Crippen LogP contribution is 2.28. The van der Waals surface area contributed by atoms with Crippen LogP contribution in [0.15, 0.2) is 36.4 Å². The average Bonchev–Trinajstić information content (AvgIpc) is 2.72. The molecule has 0 fully saturated rings. The predicted molar refractivity (Wildman–Crippen MR) is 66.2 cm³/mol. The highest BCUT2D eigenvalue weighted by atomic mass is 19.2. The van der Waals surface area contributed by atoms with E-state index < -0.39 is 11.6 Å². The zero-order valence-corrected chi connectivity index (χ0v) is 9.67. The topological polar surface area (TPSA) is 28.7 Å². The van der Waals surface area contributed by atoms with Crippen LogP contribution in [0.2, 0.25) is 0 Å². The van der Waals surface area contributed by atoms with Gasteiger partial charge < -0.3 is 4.98 Å². The van der Waals surface area contributed by atoms with Crippen LogP contribution in [-0.4, -0.2) is 9.97 Å². The zero-order chi connectivity index (χ0) is 12.7. The summed E-state index contributed by atoms with van der Waals surface area (Å²) in [5.74, 6) is -0.902. The monoisotopic (exact) mass is 244 g/mol. The third kappa shape index (κ3) is 1.66. The van der Waals surface area contributed by atoms with Crippen molar-refractivity contribution in [3.05, 3.63) is 53.9 Å². The number of aromatic amines is 1.